The van der Waals surface area contributed by atoms with Crippen molar-refractivity contribution in [2.45, 2.75) is 30.8 Å². The molecule has 0 aliphatic carbocycles. The number of hydrogen-bond acceptors (Lipinski definition) is 4. The summed E-state index contributed by atoms with van der Waals surface area (Å²) in [5, 5.41) is 3.48. The number of nitrogens with one attached hydrogen (secondary N) is 2. The maximum atomic E-state index is 12.6. The number of rotatable bonds is 9. The topological polar surface area (TPSA) is 84.5 Å². The molecule has 3 rings (SSSR count). The van der Waals surface area contributed by atoms with Crippen LogP contribution in [-0.2, 0) is 14.8 Å². The van der Waals surface area contributed by atoms with E-state index in [9.17, 15) is 13.2 Å². The van der Waals surface area contributed by atoms with E-state index in [4.69, 9.17) is 16.3 Å². The predicted octanol–water partition coefficient (Wildman–Crippen LogP) is 4.64. The molecule has 0 aliphatic heterocycles. The molecule has 0 unspecified atom stereocenters. The van der Waals surface area contributed by atoms with Crippen molar-refractivity contribution >= 4 is 27.5 Å². The maximum Gasteiger partial charge on any atom is 0.258 e. The quantitative estimate of drug-likeness (QED) is 0.475. The van der Waals surface area contributed by atoms with Crippen LogP contribution in [0.5, 0.6) is 5.75 Å². The zero-order valence-corrected chi connectivity index (χ0v) is 19.4. The van der Waals surface area contributed by atoms with Crippen LogP contribution in [0.4, 0.5) is 0 Å². The fourth-order valence-corrected chi connectivity index (χ4v) is 4.45. The first kappa shape index (κ1) is 23.8. The highest BCUT2D eigenvalue weighted by Crippen LogP contribution is 2.20. The fraction of sp³-hybridized carbons (Fsp3) is 0.208. The normalized spacial score (nSPS) is 13.2. The predicted molar refractivity (Wildman–Crippen MR) is 125 cm³/mol. The van der Waals surface area contributed by atoms with Gasteiger partial charge >= 0.3 is 0 Å². The molecular weight excluding hydrogens is 448 g/mol. The van der Waals surface area contributed by atoms with Gasteiger partial charge in [-0.25, -0.2) is 13.1 Å². The van der Waals surface area contributed by atoms with Crippen molar-refractivity contribution in [1.82, 2.24) is 10.0 Å². The van der Waals surface area contributed by atoms with Crippen LogP contribution < -0.4 is 14.8 Å². The first-order valence-electron chi connectivity index (χ1n) is 10.1. The number of ether oxygens (including phenoxy) is 1. The highest BCUT2D eigenvalue weighted by molar-refractivity contribution is 7.89. The average Bonchev–Trinajstić information content (AvgIpc) is 2.78. The van der Waals surface area contributed by atoms with Crippen molar-refractivity contribution in [3.05, 3.63) is 95.0 Å². The molecular formula is C24H25ClN2O4S. The molecule has 0 spiro atoms. The van der Waals surface area contributed by atoms with Crippen LogP contribution in [0.2, 0.25) is 5.02 Å². The van der Waals surface area contributed by atoms with E-state index >= 15 is 0 Å². The van der Waals surface area contributed by atoms with Crippen molar-refractivity contribution in [2.24, 2.45) is 0 Å². The van der Waals surface area contributed by atoms with E-state index in [0.29, 0.717) is 10.8 Å². The number of carbonyl (C=O) groups is 1. The molecule has 8 heteroatoms. The van der Waals surface area contributed by atoms with Gasteiger partial charge in [-0.15, -0.1) is 0 Å². The van der Waals surface area contributed by atoms with E-state index < -0.39 is 10.0 Å². The molecule has 0 saturated carbocycles. The summed E-state index contributed by atoms with van der Waals surface area (Å²) in [4.78, 5) is 12.3. The Morgan fingerprint density at radius 3 is 2.09 bits per heavy atom. The molecule has 3 aromatic rings. The minimum atomic E-state index is -3.70. The molecule has 6 nitrogen and oxygen atoms in total. The molecule has 0 radical (unpaired) electrons. The zero-order chi connectivity index (χ0) is 23.1. The molecule has 0 fully saturated rings. The highest BCUT2D eigenvalue weighted by Gasteiger charge is 2.18. The van der Waals surface area contributed by atoms with Crippen molar-refractivity contribution in [3.63, 3.8) is 0 Å². The SMILES string of the molecule is C[C@H](NC(=O)COc1ccc(S(=O)(=O)N[C@@H](C)c2ccccc2)cc1)c1ccc(Cl)cc1. The second-order valence-corrected chi connectivity index (χ2v) is 9.50. The Labute approximate surface area is 193 Å². The lowest BCUT2D eigenvalue weighted by Crippen LogP contribution is -2.31. The van der Waals surface area contributed by atoms with Gasteiger partial charge in [0.1, 0.15) is 5.75 Å². The molecule has 0 aromatic heterocycles. The van der Waals surface area contributed by atoms with Crippen molar-refractivity contribution in [3.8, 4) is 5.75 Å². The lowest BCUT2D eigenvalue weighted by molar-refractivity contribution is -0.123. The third kappa shape index (κ3) is 6.56. The number of hydrogen-bond donors (Lipinski definition) is 2. The molecule has 1 amide bonds. The molecule has 168 valence electrons. The van der Waals surface area contributed by atoms with Gasteiger partial charge in [0.15, 0.2) is 6.61 Å². The van der Waals surface area contributed by atoms with Crippen LogP contribution in [0, 0.1) is 0 Å². The van der Waals surface area contributed by atoms with Crippen LogP contribution in [0.15, 0.2) is 83.8 Å². The van der Waals surface area contributed by atoms with Gasteiger partial charge in [0.2, 0.25) is 10.0 Å². The van der Waals surface area contributed by atoms with E-state index in [1.165, 1.54) is 24.3 Å². The van der Waals surface area contributed by atoms with Gasteiger partial charge in [-0.2, -0.15) is 0 Å². The number of amides is 1. The number of carbonyl (C=O) groups excluding carboxylic acids is 1. The fourth-order valence-electron chi connectivity index (χ4n) is 3.09. The maximum absolute atomic E-state index is 12.6. The smallest absolute Gasteiger partial charge is 0.258 e. The lowest BCUT2D eigenvalue weighted by Gasteiger charge is -2.16. The molecule has 0 aliphatic rings. The molecule has 32 heavy (non-hydrogen) atoms. The van der Waals surface area contributed by atoms with Crippen LogP contribution in [0.3, 0.4) is 0 Å². The van der Waals surface area contributed by atoms with Crippen LogP contribution in [0.25, 0.3) is 0 Å². The van der Waals surface area contributed by atoms with E-state index in [2.05, 4.69) is 10.0 Å². The third-order valence-corrected chi connectivity index (χ3v) is 6.69. The van der Waals surface area contributed by atoms with Gasteiger partial charge in [0.25, 0.3) is 5.91 Å². The second kappa shape index (κ2) is 10.6. The summed E-state index contributed by atoms with van der Waals surface area (Å²) in [5.74, 6) is 0.108. The summed E-state index contributed by atoms with van der Waals surface area (Å²) < 4.78 is 33.4. The Morgan fingerprint density at radius 1 is 0.875 bits per heavy atom. The van der Waals surface area contributed by atoms with Gasteiger partial charge < -0.3 is 10.1 Å². The largest absolute Gasteiger partial charge is 0.484 e. The van der Waals surface area contributed by atoms with Gasteiger partial charge in [-0.05, 0) is 61.4 Å². The molecule has 0 saturated heterocycles. The highest BCUT2D eigenvalue weighted by atomic mass is 35.5. The van der Waals surface area contributed by atoms with Gasteiger partial charge in [0.05, 0.1) is 10.9 Å². The second-order valence-electron chi connectivity index (χ2n) is 7.35. The third-order valence-electron chi connectivity index (χ3n) is 4.88. The van der Waals surface area contributed by atoms with Crippen LogP contribution in [-0.4, -0.2) is 20.9 Å². The van der Waals surface area contributed by atoms with E-state index in [-0.39, 0.29) is 29.5 Å². The summed E-state index contributed by atoms with van der Waals surface area (Å²) in [5.41, 5.74) is 1.80. The standard InChI is InChI=1S/C24H25ClN2O4S/c1-17(20-8-10-21(25)11-9-20)26-24(28)16-31-22-12-14-23(15-13-22)32(29,30)27-18(2)19-6-4-3-5-7-19/h3-15,17-18,27H,16H2,1-2H3,(H,26,28)/t17-,18-/m0/s1. The minimum Gasteiger partial charge on any atom is -0.484 e. The van der Waals surface area contributed by atoms with E-state index in [1.54, 1.807) is 19.1 Å². The van der Waals surface area contributed by atoms with Gasteiger partial charge in [-0.3, -0.25) is 4.79 Å². The summed E-state index contributed by atoms with van der Waals surface area (Å²) >= 11 is 5.88. The van der Waals surface area contributed by atoms with E-state index in [1.807, 2.05) is 49.4 Å². The molecule has 2 atom stereocenters. The lowest BCUT2D eigenvalue weighted by atomic mass is 10.1. The van der Waals surface area contributed by atoms with Gasteiger partial charge in [-0.1, -0.05) is 54.1 Å². The number of benzene rings is 3. The molecule has 3 aromatic carbocycles. The summed E-state index contributed by atoms with van der Waals surface area (Å²) in [6, 6.07) is 21.9. The Kier molecular flexibility index (Phi) is 7.90. The van der Waals surface area contributed by atoms with Crippen LogP contribution >= 0.6 is 11.6 Å². The Hall–Kier alpha value is -2.87. The minimum absolute atomic E-state index is 0.119. The zero-order valence-electron chi connectivity index (χ0n) is 17.8. The first-order valence-corrected chi connectivity index (χ1v) is 12.0. The summed E-state index contributed by atoms with van der Waals surface area (Å²) in [6.45, 7) is 3.46. The monoisotopic (exact) mass is 472 g/mol. The first-order chi connectivity index (χ1) is 15.2. The molecule has 0 bridgehead atoms. The Bertz CT molecular complexity index is 1130. The Balaban J connectivity index is 1.53. The summed E-state index contributed by atoms with van der Waals surface area (Å²) in [7, 11) is -3.70. The van der Waals surface area contributed by atoms with Crippen molar-refractivity contribution < 1.29 is 17.9 Å². The Morgan fingerprint density at radius 2 is 1.47 bits per heavy atom. The van der Waals surface area contributed by atoms with Crippen molar-refractivity contribution in [1.29, 1.82) is 0 Å². The van der Waals surface area contributed by atoms with Gasteiger partial charge in [0, 0.05) is 11.1 Å². The van der Waals surface area contributed by atoms with Crippen LogP contribution in [0.1, 0.15) is 37.1 Å². The van der Waals surface area contributed by atoms with Crippen molar-refractivity contribution in [2.75, 3.05) is 6.61 Å². The molecule has 2 N–H and O–H groups in total. The summed E-state index contributed by atoms with van der Waals surface area (Å²) in [6.07, 6.45) is 0. The van der Waals surface area contributed by atoms with E-state index in [0.717, 1.165) is 11.1 Å². The average molecular weight is 473 g/mol. The number of sulfonamides is 1. The molecule has 0 heterocycles. The number of halogens is 1.